The molecule has 2 aromatic rings. The number of ether oxygens (including phenoxy) is 1. The summed E-state index contributed by atoms with van der Waals surface area (Å²) in [6, 6.07) is 11.0. The Morgan fingerprint density at radius 2 is 2.24 bits per heavy atom. The lowest BCUT2D eigenvalue weighted by Gasteiger charge is -2.28. The van der Waals surface area contributed by atoms with Crippen molar-refractivity contribution < 1.29 is 4.74 Å². The number of rotatable bonds is 5. The van der Waals surface area contributed by atoms with Crippen molar-refractivity contribution in [1.82, 2.24) is 10.3 Å². The van der Waals surface area contributed by atoms with E-state index in [2.05, 4.69) is 48.4 Å². The Balaban J connectivity index is 2.01. The van der Waals surface area contributed by atoms with Crippen LogP contribution in [0.4, 0.5) is 0 Å². The van der Waals surface area contributed by atoms with Crippen molar-refractivity contribution in [3.05, 3.63) is 42.1 Å². The number of pyridine rings is 1. The highest BCUT2D eigenvalue weighted by atomic mass is 16.5. The second-order valence-corrected chi connectivity index (χ2v) is 5.88. The zero-order valence-electron chi connectivity index (χ0n) is 12.9. The Kier molecular flexibility index (Phi) is 4.51. The normalized spacial score (nSPS) is 23.5. The van der Waals surface area contributed by atoms with Crippen LogP contribution < -0.4 is 5.32 Å². The Bertz CT molecular complexity index is 593. The number of nitrogens with zero attached hydrogens (tertiary/aromatic N) is 1. The van der Waals surface area contributed by atoms with Gasteiger partial charge in [-0.2, -0.15) is 0 Å². The minimum Gasteiger partial charge on any atom is -0.378 e. The van der Waals surface area contributed by atoms with Gasteiger partial charge in [0, 0.05) is 30.1 Å². The van der Waals surface area contributed by atoms with Gasteiger partial charge in [0.15, 0.2) is 0 Å². The fraction of sp³-hybridized carbons (Fsp3) is 0.500. The van der Waals surface area contributed by atoms with Gasteiger partial charge >= 0.3 is 0 Å². The molecule has 3 rings (SSSR count). The fourth-order valence-corrected chi connectivity index (χ4v) is 3.38. The zero-order valence-corrected chi connectivity index (χ0v) is 12.9. The van der Waals surface area contributed by atoms with Crippen LogP contribution in [0.3, 0.4) is 0 Å². The van der Waals surface area contributed by atoms with Gasteiger partial charge in [-0.05, 0) is 44.0 Å². The number of hydrogen-bond acceptors (Lipinski definition) is 3. The first-order chi connectivity index (χ1) is 10.3. The quantitative estimate of drug-likeness (QED) is 0.909. The predicted molar refractivity (Wildman–Crippen MR) is 86.3 cm³/mol. The van der Waals surface area contributed by atoms with E-state index >= 15 is 0 Å². The molecule has 2 heterocycles. The molecular weight excluding hydrogens is 260 g/mol. The fourth-order valence-electron chi connectivity index (χ4n) is 3.38. The number of fused-ring (bicyclic) bond motifs is 1. The highest BCUT2D eigenvalue weighted by Crippen LogP contribution is 2.36. The third-order valence-electron chi connectivity index (χ3n) is 4.49. The van der Waals surface area contributed by atoms with Gasteiger partial charge in [-0.25, -0.2) is 0 Å². The van der Waals surface area contributed by atoms with Crippen LogP contribution >= 0.6 is 0 Å². The van der Waals surface area contributed by atoms with E-state index in [0.29, 0.717) is 18.1 Å². The molecule has 3 nitrogen and oxygen atoms in total. The van der Waals surface area contributed by atoms with Crippen LogP contribution in [-0.4, -0.2) is 24.2 Å². The highest BCUT2D eigenvalue weighted by molar-refractivity contribution is 5.82. The molecule has 3 atom stereocenters. The first-order valence-corrected chi connectivity index (χ1v) is 8.00. The second-order valence-electron chi connectivity index (χ2n) is 5.88. The predicted octanol–water partition coefficient (Wildman–Crippen LogP) is 3.70. The first-order valence-electron chi connectivity index (χ1n) is 8.00. The molecule has 1 fully saturated rings. The third-order valence-corrected chi connectivity index (χ3v) is 4.49. The van der Waals surface area contributed by atoms with E-state index < -0.39 is 0 Å². The highest BCUT2D eigenvalue weighted by Gasteiger charge is 2.33. The largest absolute Gasteiger partial charge is 0.378 e. The van der Waals surface area contributed by atoms with Crippen LogP contribution in [0.1, 0.15) is 38.3 Å². The van der Waals surface area contributed by atoms with E-state index in [0.717, 1.165) is 31.5 Å². The average Bonchev–Trinajstić information content (AvgIpc) is 2.94. The van der Waals surface area contributed by atoms with Gasteiger partial charge in [-0.15, -0.1) is 0 Å². The summed E-state index contributed by atoms with van der Waals surface area (Å²) in [5.41, 5.74) is 2.43. The number of aromatic nitrogens is 1. The van der Waals surface area contributed by atoms with Gasteiger partial charge < -0.3 is 10.1 Å². The molecule has 0 radical (unpaired) electrons. The van der Waals surface area contributed by atoms with Crippen molar-refractivity contribution in [3.63, 3.8) is 0 Å². The number of nitrogens with one attached hydrogen (secondary N) is 1. The number of hydrogen-bond donors (Lipinski definition) is 1. The van der Waals surface area contributed by atoms with Gasteiger partial charge in [0.2, 0.25) is 0 Å². The molecule has 0 bridgehead atoms. The summed E-state index contributed by atoms with van der Waals surface area (Å²) in [4.78, 5) is 4.49. The smallest absolute Gasteiger partial charge is 0.0705 e. The lowest BCUT2D eigenvalue weighted by Crippen LogP contribution is -2.32. The van der Waals surface area contributed by atoms with Gasteiger partial charge in [0.05, 0.1) is 11.6 Å². The maximum atomic E-state index is 5.80. The molecule has 3 heteroatoms. The van der Waals surface area contributed by atoms with Crippen molar-refractivity contribution >= 4 is 10.9 Å². The average molecular weight is 284 g/mol. The van der Waals surface area contributed by atoms with E-state index in [9.17, 15) is 0 Å². The van der Waals surface area contributed by atoms with Gasteiger partial charge in [-0.1, -0.05) is 25.1 Å². The minimum atomic E-state index is 0.311. The van der Waals surface area contributed by atoms with Crippen molar-refractivity contribution in [2.24, 2.45) is 5.92 Å². The Labute approximate surface area is 126 Å². The van der Waals surface area contributed by atoms with Crippen LogP contribution in [0.15, 0.2) is 36.5 Å². The van der Waals surface area contributed by atoms with Crippen molar-refractivity contribution in [1.29, 1.82) is 0 Å². The van der Waals surface area contributed by atoms with Crippen molar-refractivity contribution in [3.8, 4) is 0 Å². The molecule has 3 unspecified atom stereocenters. The molecule has 0 saturated carbocycles. The Morgan fingerprint density at radius 1 is 1.33 bits per heavy atom. The summed E-state index contributed by atoms with van der Waals surface area (Å²) >= 11 is 0. The van der Waals surface area contributed by atoms with Crippen molar-refractivity contribution in [2.75, 3.05) is 13.2 Å². The first kappa shape index (κ1) is 14.5. The maximum Gasteiger partial charge on any atom is 0.0705 e. The zero-order chi connectivity index (χ0) is 14.7. The molecule has 0 spiro atoms. The summed E-state index contributed by atoms with van der Waals surface area (Å²) in [7, 11) is 0. The molecule has 1 aliphatic rings. The third kappa shape index (κ3) is 2.94. The van der Waals surface area contributed by atoms with Gasteiger partial charge in [0.25, 0.3) is 0 Å². The van der Waals surface area contributed by atoms with Gasteiger partial charge in [-0.3, -0.25) is 4.98 Å². The minimum absolute atomic E-state index is 0.311. The second kappa shape index (κ2) is 6.54. The molecule has 0 amide bonds. The Morgan fingerprint density at radius 3 is 3.00 bits per heavy atom. The van der Waals surface area contributed by atoms with Crippen LogP contribution in [0.5, 0.6) is 0 Å². The van der Waals surface area contributed by atoms with Crippen LogP contribution in [0, 0.1) is 5.92 Å². The lowest BCUT2D eigenvalue weighted by atomic mass is 9.86. The summed E-state index contributed by atoms with van der Waals surface area (Å²) in [6.45, 7) is 6.31. The summed E-state index contributed by atoms with van der Waals surface area (Å²) in [5.74, 6) is 0.530. The van der Waals surface area contributed by atoms with E-state index in [1.165, 1.54) is 10.9 Å². The van der Waals surface area contributed by atoms with E-state index in [1.807, 2.05) is 12.3 Å². The summed E-state index contributed by atoms with van der Waals surface area (Å²) < 4.78 is 5.80. The summed E-state index contributed by atoms with van der Waals surface area (Å²) in [5, 5.41) is 5.00. The monoisotopic (exact) mass is 284 g/mol. The van der Waals surface area contributed by atoms with Crippen LogP contribution in [0.25, 0.3) is 10.9 Å². The van der Waals surface area contributed by atoms with E-state index in [1.54, 1.807) is 0 Å². The van der Waals surface area contributed by atoms with E-state index in [-0.39, 0.29) is 0 Å². The topological polar surface area (TPSA) is 34.2 Å². The Hall–Kier alpha value is -1.45. The number of benzene rings is 1. The molecule has 1 aromatic carbocycles. The molecule has 0 aliphatic carbocycles. The van der Waals surface area contributed by atoms with Crippen LogP contribution in [-0.2, 0) is 4.74 Å². The molecule has 1 saturated heterocycles. The van der Waals surface area contributed by atoms with Crippen molar-refractivity contribution in [2.45, 2.75) is 38.8 Å². The van der Waals surface area contributed by atoms with Gasteiger partial charge in [0.1, 0.15) is 0 Å². The summed E-state index contributed by atoms with van der Waals surface area (Å²) in [6.07, 6.45) is 4.44. The van der Waals surface area contributed by atoms with E-state index in [4.69, 9.17) is 4.74 Å². The molecule has 1 N–H and O–H groups in total. The molecular formula is C18H24N2O. The lowest BCUT2D eigenvalue weighted by molar-refractivity contribution is 0.0955. The maximum absolute atomic E-state index is 5.80. The van der Waals surface area contributed by atoms with Crippen LogP contribution in [0.2, 0.25) is 0 Å². The molecule has 1 aliphatic heterocycles. The molecule has 21 heavy (non-hydrogen) atoms. The molecule has 1 aromatic heterocycles. The standard InChI is InChI=1S/C18H24N2O/c1-3-10-20-18(14-9-12-21-13(14)2)16-6-4-8-17-15(16)7-5-11-19-17/h4-8,11,13-14,18,20H,3,9-10,12H2,1-2H3. The molecule has 112 valence electrons. The SMILES string of the molecule is CCCNC(c1cccc2ncccc12)C1CCOC1C.